The second-order valence-corrected chi connectivity index (χ2v) is 5.13. The Morgan fingerprint density at radius 2 is 2.06 bits per heavy atom. The number of fused-ring (bicyclic) bond motifs is 1. The predicted octanol–water partition coefficient (Wildman–Crippen LogP) is 3.65. The van der Waals surface area contributed by atoms with E-state index in [0.717, 1.165) is 47.4 Å². The van der Waals surface area contributed by atoms with Gasteiger partial charge in [0, 0.05) is 28.1 Å². The van der Waals surface area contributed by atoms with Crippen molar-refractivity contribution in [2.75, 3.05) is 26.2 Å². The average molecular weight is 311 g/mol. The molecule has 0 unspecified atom stereocenters. The topological polar surface area (TPSA) is 28.3 Å². The quantitative estimate of drug-likeness (QED) is 0.882. The van der Waals surface area contributed by atoms with E-state index in [1.807, 2.05) is 12.3 Å². The molecule has 1 aromatic heterocycles. The fraction of sp³-hybridized carbons (Fsp3) is 0.429. The van der Waals surface area contributed by atoms with E-state index in [4.69, 9.17) is 4.74 Å². The van der Waals surface area contributed by atoms with Crippen LogP contribution in [0.5, 0.6) is 5.75 Å². The molecule has 0 amide bonds. The second kappa shape index (κ2) is 6.25. The molecule has 4 heteroatoms. The molecule has 0 radical (unpaired) electrons. The van der Waals surface area contributed by atoms with Crippen molar-refractivity contribution >= 4 is 26.8 Å². The Hall–Kier alpha value is -1.000. The first-order chi connectivity index (χ1) is 8.74. The highest BCUT2D eigenvalue weighted by Gasteiger charge is 2.06. The number of nitrogens with one attached hydrogen (secondary N) is 1. The Kier molecular flexibility index (Phi) is 4.66. The van der Waals surface area contributed by atoms with E-state index in [1.54, 1.807) is 0 Å². The normalized spacial score (nSPS) is 11.3. The molecule has 0 saturated carbocycles. The molecule has 98 valence electrons. The minimum absolute atomic E-state index is 0.723. The molecule has 2 aromatic rings. The summed E-state index contributed by atoms with van der Waals surface area (Å²) in [5.74, 6) is 0.929. The van der Waals surface area contributed by atoms with Gasteiger partial charge in [0.05, 0.1) is 0 Å². The highest BCUT2D eigenvalue weighted by molar-refractivity contribution is 9.10. The zero-order valence-corrected chi connectivity index (χ0v) is 12.5. The molecule has 0 bridgehead atoms. The number of hydrogen-bond donors (Lipinski definition) is 1. The van der Waals surface area contributed by atoms with Crippen LogP contribution in [-0.4, -0.2) is 36.1 Å². The van der Waals surface area contributed by atoms with Gasteiger partial charge in [0.15, 0.2) is 0 Å². The van der Waals surface area contributed by atoms with Gasteiger partial charge >= 0.3 is 0 Å². The van der Waals surface area contributed by atoms with E-state index in [-0.39, 0.29) is 0 Å². The van der Waals surface area contributed by atoms with Gasteiger partial charge in [-0.15, -0.1) is 0 Å². The van der Waals surface area contributed by atoms with E-state index >= 15 is 0 Å². The molecular weight excluding hydrogens is 292 g/mol. The lowest BCUT2D eigenvalue weighted by Crippen LogP contribution is -2.27. The zero-order chi connectivity index (χ0) is 13.0. The Morgan fingerprint density at radius 3 is 2.78 bits per heavy atom. The largest absolute Gasteiger partial charge is 0.490 e. The first-order valence-electron chi connectivity index (χ1n) is 6.36. The monoisotopic (exact) mass is 310 g/mol. The van der Waals surface area contributed by atoms with Gasteiger partial charge in [-0.2, -0.15) is 0 Å². The first-order valence-corrected chi connectivity index (χ1v) is 7.15. The van der Waals surface area contributed by atoms with Gasteiger partial charge in [-0.25, -0.2) is 0 Å². The lowest BCUT2D eigenvalue weighted by molar-refractivity contribution is 0.224. The van der Waals surface area contributed by atoms with Crippen molar-refractivity contribution in [2.24, 2.45) is 0 Å². The summed E-state index contributed by atoms with van der Waals surface area (Å²) in [4.78, 5) is 5.57. The van der Waals surface area contributed by atoms with Crippen LogP contribution in [0.15, 0.2) is 28.9 Å². The van der Waals surface area contributed by atoms with E-state index in [0.29, 0.717) is 0 Å². The summed E-state index contributed by atoms with van der Waals surface area (Å²) in [5, 5.41) is 1.13. The van der Waals surface area contributed by atoms with Gasteiger partial charge in [0.1, 0.15) is 12.4 Å². The number of rotatable bonds is 6. The molecule has 2 rings (SSSR count). The first kappa shape index (κ1) is 13.4. The average Bonchev–Trinajstić information content (AvgIpc) is 2.77. The zero-order valence-electron chi connectivity index (χ0n) is 10.9. The van der Waals surface area contributed by atoms with Crippen molar-refractivity contribution in [2.45, 2.75) is 13.8 Å². The molecule has 0 spiro atoms. The van der Waals surface area contributed by atoms with Crippen LogP contribution in [0.2, 0.25) is 0 Å². The summed E-state index contributed by atoms with van der Waals surface area (Å²) in [6, 6.07) is 6.16. The van der Waals surface area contributed by atoms with Crippen LogP contribution in [0.4, 0.5) is 0 Å². The van der Waals surface area contributed by atoms with Crippen LogP contribution < -0.4 is 4.74 Å². The van der Waals surface area contributed by atoms with Crippen molar-refractivity contribution in [1.82, 2.24) is 9.88 Å². The van der Waals surface area contributed by atoms with Crippen LogP contribution in [0.25, 0.3) is 10.9 Å². The molecule has 1 aromatic carbocycles. The number of aromatic nitrogens is 1. The SMILES string of the molecule is CCN(CC)CCOc1c[nH]c2ccc(Br)cc12. The van der Waals surface area contributed by atoms with Crippen molar-refractivity contribution in [3.8, 4) is 5.75 Å². The van der Waals surface area contributed by atoms with Gasteiger partial charge < -0.3 is 14.6 Å². The van der Waals surface area contributed by atoms with E-state index in [2.05, 4.69) is 51.8 Å². The van der Waals surface area contributed by atoms with E-state index < -0.39 is 0 Å². The molecule has 0 saturated heterocycles. The maximum Gasteiger partial charge on any atom is 0.144 e. The van der Waals surface area contributed by atoms with E-state index in [9.17, 15) is 0 Å². The lowest BCUT2D eigenvalue weighted by Gasteiger charge is -2.17. The van der Waals surface area contributed by atoms with Crippen molar-refractivity contribution in [3.05, 3.63) is 28.9 Å². The van der Waals surface area contributed by atoms with Gasteiger partial charge in [-0.3, -0.25) is 0 Å². The number of halogens is 1. The van der Waals surface area contributed by atoms with Gasteiger partial charge in [0.25, 0.3) is 0 Å². The third kappa shape index (κ3) is 3.06. The molecule has 1 N–H and O–H groups in total. The number of aromatic amines is 1. The highest BCUT2D eigenvalue weighted by atomic mass is 79.9. The number of likely N-dealkylation sites (N-methyl/N-ethyl adjacent to an activating group) is 1. The van der Waals surface area contributed by atoms with Crippen LogP contribution in [0, 0.1) is 0 Å². The summed E-state index contributed by atoms with van der Waals surface area (Å²) in [7, 11) is 0. The van der Waals surface area contributed by atoms with Crippen molar-refractivity contribution in [1.29, 1.82) is 0 Å². The number of benzene rings is 1. The van der Waals surface area contributed by atoms with E-state index in [1.165, 1.54) is 0 Å². The summed E-state index contributed by atoms with van der Waals surface area (Å²) in [5.41, 5.74) is 1.11. The van der Waals surface area contributed by atoms with Gasteiger partial charge in [0.2, 0.25) is 0 Å². The second-order valence-electron chi connectivity index (χ2n) is 4.22. The fourth-order valence-corrected chi connectivity index (χ4v) is 2.37. The predicted molar refractivity (Wildman–Crippen MR) is 79.3 cm³/mol. The van der Waals surface area contributed by atoms with Crippen LogP contribution in [0.3, 0.4) is 0 Å². The summed E-state index contributed by atoms with van der Waals surface area (Å²) in [6.45, 7) is 8.17. The Bertz CT molecular complexity index is 505. The standard InChI is InChI=1S/C14H19BrN2O/c1-3-17(4-2)7-8-18-14-10-16-13-6-5-11(15)9-12(13)14/h5-6,9-10,16H,3-4,7-8H2,1-2H3. The lowest BCUT2D eigenvalue weighted by atomic mass is 10.2. The minimum Gasteiger partial charge on any atom is -0.490 e. The Morgan fingerprint density at radius 1 is 1.28 bits per heavy atom. The van der Waals surface area contributed by atoms with Crippen LogP contribution >= 0.6 is 15.9 Å². The molecular formula is C14H19BrN2O. The Balaban J connectivity index is 2.01. The van der Waals surface area contributed by atoms with Crippen LogP contribution in [-0.2, 0) is 0 Å². The molecule has 0 aliphatic rings. The molecule has 3 nitrogen and oxygen atoms in total. The summed E-state index contributed by atoms with van der Waals surface area (Å²) >= 11 is 3.49. The summed E-state index contributed by atoms with van der Waals surface area (Å²) in [6.07, 6.45) is 1.93. The number of H-pyrrole nitrogens is 1. The third-order valence-corrected chi connectivity index (χ3v) is 3.66. The molecule has 18 heavy (non-hydrogen) atoms. The van der Waals surface area contributed by atoms with Crippen molar-refractivity contribution < 1.29 is 4.74 Å². The highest BCUT2D eigenvalue weighted by Crippen LogP contribution is 2.28. The van der Waals surface area contributed by atoms with Crippen molar-refractivity contribution in [3.63, 3.8) is 0 Å². The molecule has 1 heterocycles. The number of hydrogen-bond acceptors (Lipinski definition) is 2. The smallest absolute Gasteiger partial charge is 0.144 e. The van der Waals surface area contributed by atoms with Crippen LogP contribution in [0.1, 0.15) is 13.8 Å². The third-order valence-electron chi connectivity index (χ3n) is 3.17. The molecule has 0 fully saturated rings. The maximum absolute atomic E-state index is 5.85. The minimum atomic E-state index is 0.723. The number of nitrogens with zero attached hydrogens (tertiary/aromatic N) is 1. The molecule has 0 atom stereocenters. The Labute approximate surface area is 116 Å². The molecule has 0 aliphatic heterocycles. The molecule has 0 aliphatic carbocycles. The summed E-state index contributed by atoms with van der Waals surface area (Å²) < 4.78 is 6.93. The fourth-order valence-electron chi connectivity index (χ4n) is 2.01. The van der Waals surface area contributed by atoms with Gasteiger partial charge in [-0.1, -0.05) is 29.8 Å². The number of ether oxygens (including phenoxy) is 1. The maximum atomic E-state index is 5.85. The van der Waals surface area contributed by atoms with Gasteiger partial charge in [-0.05, 0) is 31.3 Å².